The fourth-order valence-corrected chi connectivity index (χ4v) is 3.36. The number of thioether (sulfide) groups is 1. The van der Waals surface area contributed by atoms with Gasteiger partial charge in [0.25, 0.3) is 0 Å². The molecule has 2 rings (SSSR count). The minimum atomic E-state index is -0.129. The van der Waals surface area contributed by atoms with Crippen molar-refractivity contribution in [1.82, 2.24) is 4.90 Å². The predicted octanol–water partition coefficient (Wildman–Crippen LogP) is 1.32. The minimum absolute atomic E-state index is 0.129. The van der Waals surface area contributed by atoms with Crippen molar-refractivity contribution in [2.75, 3.05) is 18.8 Å². The van der Waals surface area contributed by atoms with E-state index in [0.717, 1.165) is 43.3 Å². The molecule has 1 aliphatic heterocycles. The summed E-state index contributed by atoms with van der Waals surface area (Å²) in [6, 6.07) is 0.343. The molecule has 0 bridgehead atoms. The van der Waals surface area contributed by atoms with Crippen LogP contribution in [0.1, 0.15) is 26.2 Å². The quantitative estimate of drug-likeness (QED) is 0.753. The first-order chi connectivity index (χ1) is 6.83. The molecule has 2 atom stereocenters. The molecule has 1 aliphatic carbocycles. The molecular formula is C10H18N2OS. The molecule has 0 spiro atoms. The molecule has 2 fully saturated rings. The lowest BCUT2D eigenvalue weighted by atomic mass is 10.2. The lowest BCUT2D eigenvalue weighted by molar-refractivity contribution is 0.113. The first-order valence-electron chi connectivity index (χ1n) is 5.45. The van der Waals surface area contributed by atoms with E-state index in [9.17, 15) is 5.11 Å². The maximum absolute atomic E-state index is 9.83. The number of hydrogen-bond donors (Lipinski definition) is 1. The van der Waals surface area contributed by atoms with Crippen LogP contribution in [-0.2, 0) is 0 Å². The standard InChI is InChI=1S/C10H18N2OS/c1-2-11-10-12(6-7-14-10)8-4-3-5-9(8)13/h8-9,13H,2-7H2,1H3. The van der Waals surface area contributed by atoms with Gasteiger partial charge in [0.2, 0.25) is 0 Å². The highest BCUT2D eigenvalue weighted by Gasteiger charge is 2.34. The minimum Gasteiger partial charge on any atom is -0.391 e. The fraction of sp³-hybridized carbons (Fsp3) is 0.900. The highest BCUT2D eigenvalue weighted by molar-refractivity contribution is 8.14. The molecule has 1 N–H and O–H groups in total. The topological polar surface area (TPSA) is 35.8 Å². The van der Waals surface area contributed by atoms with Gasteiger partial charge in [-0.05, 0) is 26.2 Å². The average molecular weight is 214 g/mol. The molecule has 0 aromatic rings. The smallest absolute Gasteiger partial charge is 0.159 e. The monoisotopic (exact) mass is 214 g/mol. The van der Waals surface area contributed by atoms with Gasteiger partial charge in [-0.1, -0.05) is 11.8 Å². The number of aliphatic hydroxyl groups is 1. The van der Waals surface area contributed by atoms with E-state index in [4.69, 9.17) is 0 Å². The number of rotatable bonds is 2. The van der Waals surface area contributed by atoms with Gasteiger partial charge in [-0.25, -0.2) is 0 Å². The van der Waals surface area contributed by atoms with Gasteiger partial charge >= 0.3 is 0 Å². The Labute approximate surface area is 89.6 Å². The van der Waals surface area contributed by atoms with Crippen LogP contribution >= 0.6 is 11.8 Å². The SMILES string of the molecule is CCN=C1SCCN1C1CCCC1O. The largest absolute Gasteiger partial charge is 0.391 e. The van der Waals surface area contributed by atoms with Gasteiger partial charge in [0.15, 0.2) is 5.17 Å². The average Bonchev–Trinajstić information content (AvgIpc) is 2.74. The number of aliphatic hydroxyl groups excluding tert-OH is 1. The molecule has 2 aliphatic rings. The molecule has 1 saturated carbocycles. The van der Waals surface area contributed by atoms with Gasteiger partial charge in [-0.3, -0.25) is 4.99 Å². The Bertz CT molecular complexity index is 232. The van der Waals surface area contributed by atoms with Crippen LogP contribution in [0.15, 0.2) is 4.99 Å². The lowest BCUT2D eigenvalue weighted by Gasteiger charge is -2.28. The van der Waals surface area contributed by atoms with Crippen LogP contribution in [0.5, 0.6) is 0 Å². The zero-order valence-electron chi connectivity index (χ0n) is 8.65. The number of nitrogens with zero attached hydrogens (tertiary/aromatic N) is 2. The van der Waals surface area contributed by atoms with Gasteiger partial charge in [0.05, 0.1) is 12.1 Å². The molecule has 1 saturated heterocycles. The highest BCUT2D eigenvalue weighted by Crippen LogP contribution is 2.30. The normalized spacial score (nSPS) is 35.9. The van der Waals surface area contributed by atoms with Crippen molar-refractivity contribution in [3.05, 3.63) is 0 Å². The maximum atomic E-state index is 9.83. The summed E-state index contributed by atoms with van der Waals surface area (Å²) in [5, 5.41) is 11.0. The summed E-state index contributed by atoms with van der Waals surface area (Å²) in [6.45, 7) is 3.97. The van der Waals surface area contributed by atoms with E-state index in [1.807, 2.05) is 11.8 Å². The molecule has 4 heteroatoms. The zero-order valence-corrected chi connectivity index (χ0v) is 9.46. The van der Waals surface area contributed by atoms with Gasteiger partial charge in [-0.2, -0.15) is 0 Å². The van der Waals surface area contributed by atoms with E-state index in [-0.39, 0.29) is 6.10 Å². The summed E-state index contributed by atoms with van der Waals surface area (Å²) in [7, 11) is 0. The fourth-order valence-electron chi connectivity index (χ4n) is 2.28. The molecule has 0 aromatic carbocycles. The lowest BCUT2D eigenvalue weighted by Crippen LogP contribution is -2.41. The van der Waals surface area contributed by atoms with Crippen molar-refractivity contribution in [2.45, 2.75) is 38.3 Å². The van der Waals surface area contributed by atoms with Crippen molar-refractivity contribution >= 4 is 16.9 Å². The van der Waals surface area contributed by atoms with Crippen LogP contribution in [-0.4, -0.2) is 46.2 Å². The summed E-state index contributed by atoms with van der Waals surface area (Å²) >= 11 is 1.83. The Morgan fingerprint density at radius 3 is 3.07 bits per heavy atom. The van der Waals surface area contributed by atoms with Crippen molar-refractivity contribution < 1.29 is 5.11 Å². The summed E-state index contributed by atoms with van der Waals surface area (Å²) in [4.78, 5) is 6.79. The second-order valence-corrected chi connectivity index (χ2v) is 4.93. The Kier molecular flexibility index (Phi) is 3.34. The van der Waals surface area contributed by atoms with E-state index in [2.05, 4.69) is 16.8 Å². The Hall–Kier alpha value is -0.220. The molecule has 14 heavy (non-hydrogen) atoms. The van der Waals surface area contributed by atoms with Crippen LogP contribution in [0.3, 0.4) is 0 Å². The Morgan fingerprint density at radius 1 is 1.57 bits per heavy atom. The molecule has 2 unspecified atom stereocenters. The number of aliphatic imine (C=N–C) groups is 1. The van der Waals surface area contributed by atoms with E-state index < -0.39 is 0 Å². The molecule has 3 nitrogen and oxygen atoms in total. The Morgan fingerprint density at radius 2 is 2.43 bits per heavy atom. The van der Waals surface area contributed by atoms with Gasteiger partial charge in [-0.15, -0.1) is 0 Å². The van der Waals surface area contributed by atoms with Crippen molar-refractivity contribution in [2.24, 2.45) is 4.99 Å². The molecule has 0 amide bonds. The molecule has 0 radical (unpaired) electrons. The van der Waals surface area contributed by atoms with Gasteiger partial charge < -0.3 is 10.0 Å². The summed E-state index contributed by atoms with van der Waals surface area (Å²) < 4.78 is 0. The van der Waals surface area contributed by atoms with Crippen LogP contribution in [0.2, 0.25) is 0 Å². The first kappa shape index (κ1) is 10.3. The summed E-state index contributed by atoms with van der Waals surface area (Å²) in [5.41, 5.74) is 0. The third-order valence-corrected chi connectivity index (χ3v) is 3.96. The molecule has 1 heterocycles. The van der Waals surface area contributed by atoms with Gasteiger partial charge in [0.1, 0.15) is 0 Å². The van der Waals surface area contributed by atoms with Gasteiger partial charge in [0, 0.05) is 18.8 Å². The highest BCUT2D eigenvalue weighted by atomic mass is 32.2. The van der Waals surface area contributed by atoms with Crippen LogP contribution < -0.4 is 0 Å². The van der Waals surface area contributed by atoms with Crippen LogP contribution in [0.25, 0.3) is 0 Å². The van der Waals surface area contributed by atoms with Crippen molar-refractivity contribution in [3.8, 4) is 0 Å². The van der Waals surface area contributed by atoms with E-state index in [1.165, 1.54) is 0 Å². The first-order valence-corrected chi connectivity index (χ1v) is 6.43. The Balaban J connectivity index is 2.05. The van der Waals surface area contributed by atoms with E-state index >= 15 is 0 Å². The third-order valence-electron chi connectivity index (χ3n) is 2.95. The van der Waals surface area contributed by atoms with Crippen LogP contribution in [0, 0.1) is 0 Å². The summed E-state index contributed by atoms with van der Waals surface area (Å²) in [6.07, 6.45) is 3.12. The predicted molar refractivity (Wildman–Crippen MR) is 60.8 cm³/mol. The maximum Gasteiger partial charge on any atom is 0.159 e. The van der Waals surface area contributed by atoms with Crippen molar-refractivity contribution in [1.29, 1.82) is 0 Å². The number of amidine groups is 1. The second-order valence-electron chi connectivity index (χ2n) is 3.86. The summed E-state index contributed by atoms with van der Waals surface area (Å²) in [5.74, 6) is 1.13. The number of hydrogen-bond acceptors (Lipinski definition) is 3. The second kappa shape index (κ2) is 4.53. The van der Waals surface area contributed by atoms with E-state index in [0.29, 0.717) is 6.04 Å². The third kappa shape index (κ3) is 1.91. The molecule has 80 valence electrons. The zero-order chi connectivity index (χ0) is 9.97. The van der Waals surface area contributed by atoms with E-state index in [1.54, 1.807) is 0 Å². The molecule has 0 aromatic heterocycles. The van der Waals surface area contributed by atoms with Crippen molar-refractivity contribution in [3.63, 3.8) is 0 Å². The van der Waals surface area contributed by atoms with Crippen LogP contribution in [0.4, 0.5) is 0 Å². The molecular weight excluding hydrogens is 196 g/mol.